The van der Waals surface area contributed by atoms with Crippen LogP contribution >= 0.6 is 0 Å². The molecule has 0 aliphatic heterocycles. The van der Waals surface area contributed by atoms with E-state index < -0.39 is 17.9 Å². The highest BCUT2D eigenvalue weighted by Crippen LogP contribution is 2.21. The van der Waals surface area contributed by atoms with Crippen LogP contribution in [0, 0.1) is 5.82 Å². The van der Waals surface area contributed by atoms with Crippen molar-refractivity contribution in [1.82, 2.24) is 5.32 Å². The molecular weight excluding hydrogens is 237 g/mol. The molecule has 1 aromatic carbocycles. The smallest absolute Gasteiger partial charge is 0.325 e. The normalized spacial score (nSPS) is 13.7. The van der Waals surface area contributed by atoms with Gasteiger partial charge >= 0.3 is 5.97 Å². The molecule has 0 aromatic heterocycles. The number of carboxylic acids is 1. The predicted octanol–water partition coefficient (Wildman–Crippen LogP) is 1.91. The van der Waals surface area contributed by atoms with E-state index in [0.717, 1.165) is 0 Å². The standard InChI is InChI=1S/C13H16FNO3/c1-8(10-5-3-4-6-11(10)14)7-12(16)15-9(2)13(17)18/h3-6,8-9H,7H2,1-2H3,(H,15,16)(H,17,18)/t8?,9-/m0/s1. The monoisotopic (exact) mass is 253 g/mol. The highest BCUT2D eigenvalue weighted by molar-refractivity contribution is 5.83. The number of carbonyl (C=O) groups excluding carboxylic acids is 1. The number of aliphatic carboxylic acids is 1. The second-order valence-corrected chi connectivity index (χ2v) is 4.25. The van der Waals surface area contributed by atoms with E-state index in [4.69, 9.17) is 5.11 Å². The first-order chi connectivity index (χ1) is 8.41. The Morgan fingerprint density at radius 2 is 1.94 bits per heavy atom. The minimum absolute atomic E-state index is 0.0541. The van der Waals surface area contributed by atoms with Gasteiger partial charge in [-0.15, -0.1) is 0 Å². The SMILES string of the molecule is CC(CC(=O)N[C@@H](C)C(=O)O)c1ccccc1F. The van der Waals surface area contributed by atoms with Gasteiger partial charge in [-0.1, -0.05) is 25.1 Å². The highest BCUT2D eigenvalue weighted by Gasteiger charge is 2.18. The molecule has 18 heavy (non-hydrogen) atoms. The van der Waals surface area contributed by atoms with Gasteiger partial charge in [-0.3, -0.25) is 9.59 Å². The molecule has 1 amide bonds. The fraction of sp³-hybridized carbons (Fsp3) is 0.385. The van der Waals surface area contributed by atoms with Gasteiger partial charge in [-0.2, -0.15) is 0 Å². The van der Waals surface area contributed by atoms with E-state index in [-0.39, 0.29) is 18.2 Å². The van der Waals surface area contributed by atoms with Gasteiger partial charge in [0.15, 0.2) is 0 Å². The van der Waals surface area contributed by atoms with Crippen molar-refractivity contribution >= 4 is 11.9 Å². The molecule has 1 unspecified atom stereocenters. The zero-order chi connectivity index (χ0) is 13.7. The van der Waals surface area contributed by atoms with Crippen LogP contribution in [0.4, 0.5) is 4.39 Å². The lowest BCUT2D eigenvalue weighted by molar-refractivity contribution is -0.141. The minimum Gasteiger partial charge on any atom is -0.480 e. The summed E-state index contributed by atoms with van der Waals surface area (Å²) in [6.07, 6.45) is 0.0541. The first-order valence-electron chi connectivity index (χ1n) is 5.68. The maximum absolute atomic E-state index is 13.5. The summed E-state index contributed by atoms with van der Waals surface area (Å²) in [5.74, 6) is -2.15. The van der Waals surface area contributed by atoms with E-state index in [1.165, 1.54) is 13.0 Å². The van der Waals surface area contributed by atoms with Crippen LogP contribution in [0.15, 0.2) is 24.3 Å². The molecule has 0 aliphatic rings. The maximum atomic E-state index is 13.5. The average Bonchev–Trinajstić information content (AvgIpc) is 2.28. The minimum atomic E-state index is -1.10. The molecule has 0 bridgehead atoms. The van der Waals surface area contributed by atoms with Gasteiger partial charge in [-0.05, 0) is 24.5 Å². The van der Waals surface area contributed by atoms with Gasteiger partial charge in [0.05, 0.1) is 0 Å². The van der Waals surface area contributed by atoms with E-state index in [2.05, 4.69) is 5.32 Å². The summed E-state index contributed by atoms with van der Waals surface area (Å²) < 4.78 is 13.5. The van der Waals surface area contributed by atoms with Crippen LogP contribution in [0.3, 0.4) is 0 Å². The third-order valence-corrected chi connectivity index (χ3v) is 2.68. The first kappa shape index (κ1) is 14.2. The Morgan fingerprint density at radius 3 is 2.50 bits per heavy atom. The van der Waals surface area contributed by atoms with E-state index in [1.807, 2.05) is 0 Å². The summed E-state index contributed by atoms with van der Waals surface area (Å²) in [6, 6.07) is 5.30. The lowest BCUT2D eigenvalue weighted by Crippen LogP contribution is -2.38. The Hall–Kier alpha value is -1.91. The summed E-state index contributed by atoms with van der Waals surface area (Å²) in [4.78, 5) is 22.1. The van der Waals surface area contributed by atoms with Crippen LogP contribution in [-0.4, -0.2) is 23.0 Å². The summed E-state index contributed by atoms with van der Waals surface area (Å²) in [7, 11) is 0. The fourth-order valence-corrected chi connectivity index (χ4v) is 1.62. The lowest BCUT2D eigenvalue weighted by Gasteiger charge is -2.14. The van der Waals surface area contributed by atoms with Crippen molar-refractivity contribution in [3.63, 3.8) is 0 Å². The molecule has 0 radical (unpaired) electrons. The van der Waals surface area contributed by atoms with Gasteiger partial charge in [0.25, 0.3) is 0 Å². The number of rotatable bonds is 5. The molecule has 0 spiro atoms. The van der Waals surface area contributed by atoms with Crippen LogP contribution in [0.2, 0.25) is 0 Å². The second-order valence-electron chi connectivity index (χ2n) is 4.25. The molecule has 4 nitrogen and oxygen atoms in total. The van der Waals surface area contributed by atoms with Crippen LogP contribution < -0.4 is 5.32 Å². The second kappa shape index (κ2) is 6.14. The molecule has 0 saturated carbocycles. The van der Waals surface area contributed by atoms with E-state index in [0.29, 0.717) is 5.56 Å². The van der Waals surface area contributed by atoms with Crippen LogP contribution in [-0.2, 0) is 9.59 Å². The van der Waals surface area contributed by atoms with Crippen molar-refractivity contribution in [2.75, 3.05) is 0 Å². The molecule has 1 rings (SSSR count). The summed E-state index contributed by atoms with van der Waals surface area (Å²) in [5, 5.41) is 11.0. The highest BCUT2D eigenvalue weighted by atomic mass is 19.1. The summed E-state index contributed by atoms with van der Waals surface area (Å²) in [5.41, 5.74) is 0.454. The largest absolute Gasteiger partial charge is 0.480 e. The topological polar surface area (TPSA) is 66.4 Å². The molecule has 5 heteroatoms. The molecule has 98 valence electrons. The maximum Gasteiger partial charge on any atom is 0.325 e. The van der Waals surface area contributed by atoms with Crippen molar-refractivity contribution in [3.05, 3.63) is 35.6 Å². The molecule has 0 saturated heterocycles. The number of halogens is 1. The number of carbonyl (C=O) groups is 2. The molecule has 0 aliphatic carbocycles. The molecular formula is C13H16FNO3. The molecule has 1 aromatic rings. The number of benzene rings is 1. The van der Waals surface area contributed by atoms with Crippen LogP contribution in [0.5, 0.6) is 0 Å². The average molecular weight is 253 g/mol. The van der Waals surface area contributed by atoms with Crippen molar-refractivity contribution in [1.29, 1.82) is 0 Å². The summed E-state index contributed by atoms with van der Waals surface area (Å²) in [6.45, 7) is 3.11. The molecule has 2 atom stereocenters. The Morgan fingerprint density at radius 1 is 1.33 bits per heavy atom. The van der Waals surface area contributed by atoms with Crippen molar-refractivity contribution in [3.8, 4) is 0 Å². The lowest BCUT2D eigenvalue weighted by atomic mass is 9.97. The zero-order valence-electron chi connectivity index (χ0n) is 10.3. The number of carboxylic acid groups (broad SMARTS) is 1. The van der Waals surface area contributed by atoms with Crippen molar-refractivity contribution in [2.24, 2.45) is 0 Å². The number of hydrogen-bond donors (Lipinski definition) is 2. The predicted molar refractivity (Wildman–Crippen MR) is 64.7 cm³/mol. The summed E-state index contributed by atoms with van der Waals surface area (Å²) >= 11 is 0. The molecule has 2 N–H and O–H groups in total. The van der Waals surface area contributed by atoms with Crippen molar-refractivity contribution in [2.45, 2.75) is 32.2 Å². The van der Waals surface area contributed by atoms with Gasteiger partial charge < -0.3 is 10.4 Å². The quantitative estimate of drug-likeness (QED) is 0.842. The first-order valence-corrected chi connectivity index (χ1v) is 5.68. The third-order valence-electron chi connectivity index (χ3n) is 2.68. The Balaban J connectivity index is 2.60. The van der Waals surface area contributed by atoms with Crippen LogP contribution in [0.1, 0.15) is 31.7 Å². The van der Waals surface area contributed by atoms with E-state index >= 15 is 0 Å². The van der Waals surface area contributed by atoms with Gasteiger partial charge in [0.1, 0.15) is 11.9 Å². The van der Waals surface area contributed by atoms with E-state index in [9.17, 15) is 14.0 Å². The fourth-order valence-electron chi connectivity index (χ4n) is 1.62. The molecule has 0 heterocycles. The van der Waals surface area contributed by atoms with Gasteiger partial charge in [0, 0.05) is 6.42 Å². The molecule has 0 fully saturated rings. The van der Waals surface area contributed by atoms with E-state index in [1.54, 1.807) is 25.1 Å². The third kappa shape index (κ3) is 3.84. The Labute approximate surface area is 105 Å². The Kier molecular flexibility index (Phi) is 4.83. The number of amides is 1. The zero-order valence-corrected chi connectivity index (χ0v) is 10.3. The van der Waals surface area contributed by atoms with Crippen molar-refractivity contribution < 1.29 is 19.1 Å². The number of hydrogen-bond acceptors (Lipinski definition) is 2. The van der Waals surface area contributed by atoms with Gasteiger partial charge in [-0.25, -0.2) is 4.39 Å². The number of nitrogens with one attached hydrogen (secondary N) is 1. The van der Waals surface area contributed by atoms with Gasteiger partial charge in [0.2, 0.25) is 5.91 Å². The van der Waals surface area contributed by atoms with Crippen LogP contribution in [0.25, 0.3) is 0 Å². The Bertz CT molecular complexity index is 448.